The third kappa shape index (κ3) is 3.84. The van der Waals surface area contributed by atoms with Crippen LogP contribution in [0.4, 0.5) is 10.2 Å². The van der Waals surface area contributed by atoms with Crippen molar-refractivity contribution in [1.82, 2.24) is 19.9 Å². The Kier molecular flexibility index (Phi) is 5.53. The number of amides is 1. The highest BCUT2D eigenvalue weighted by Gasteiger charge is 2.25. The molecule has 0 radical (unpaired) electrons. The van der Waals surface area contributed by atoms with Crippen LogP contribution in [-0.4, -0.2) is 51.9 Å². The SMILES string of the molecule is CCc1ncnc(N2CCCN(C(=O)c3c(C)cc(C)[nH]c3=O)CC2)c1F. The maximum Gasteiger partial charge on any atom is 0.261 e. The van der Waals surface area contributed by atoms with Crippen LogP contribution in [0.2, 0.25) is 0 Å². The Bertz CT molecular complexity index is 911. The van der Waals surface area contributed by atoms with Gasteiger partial charge in [0.25, 0.3) is 11.5 Å². The Morgan fingerprint density at radius 3 is 2.70 bits per heavy atom. The van der Waals surface area contributed by atoms with Crippen LogP contribution in [0, 0.1) is 19.7 Å². The van der Waals surface area contributed by atoms with Crippen LogP contribution < -0.4 is 10.5 Å². The number of rotatable bonds is 3. The molecule has 1 amide bonds. The molecule has 2 aromatic rings. The van der Waals surface area contributed by atoms with Crippen molar-refractivity contribution in [2.75, 3.05) is 31.1 Å². The Hall–Kier alpha value is -2.77. The van der Waals surface area contributed by atoms with E-state index in [4.69, 9.17) is 0 Å². The van der Waals surface area contributed by atoms with E-state index in [0.29, 0.717) is 50.3 Å². The van der Waals surface area contributed by atoms with E-state index in [1.165, 1.54) is 6.33 Å². The van der Waals surface area contributed by atoms with Gasteiger partial charge in [0.15, 0.2) is 11.6 Å². The van der Waals surface area contributed by atoms with Crippen LogP contribution in [0.15, 0.2) is 17.2 Å². The molecule has 3 heterocycles. The predicted molar refractivity (Wildman–Crippen MR) is 101 cm³/mol. The molecule has 7 nitrogen and oxygen atoms in total. The molecule has 1 N–H and O–H groups in total. The summed E-state index contributed by atoms with van der Waals surface area (Å²) in [6, 6.07) is 1.79. The van der Waals surface area contributed by atoms with E-state index >= 15 is 0 Å². The third-order valence-corrected chi connectivity index (χ3v) is 4.84. The van der Waals surface area contributed by atoms with Gasteiger partial charge in [0.05, 0.1) is 5.69 Å². The Morgan fingerprint density at radius 1 is 1.22 bits per heavy atom. The molecule has 0 aliphatic carbocycles. The number of nitrogens with zero attached hydrogens (tertiary/aromatic N) is 4. The van der Waals surface area contributed by atoms with Gasteiger partial charge in [-0.25, -0.2) is 14.4 Å². The molecule has 1 saturated heterocycles. The zero-order valence-electron chi connectivity index (χ0n) is 15.9. The van der Waals surface area contributed by atoms with Crippen LogP contribution >= 0.6 is 0 Å². The fraction of sp³-hybridized carbons (Fsp3) is 0.474. The molecule has 0 spiro atoms. The number of halogens is 1. The molecule has 0 atom stereocenters. The van der Waals surface area contributed by atoms with Gasteiger partial charge in [0.1, 0.15) is 11.9 Å². The van der Waals surface area contributed by atoms with Gasteiger partial charge < -0.3 is 14.8 Å². The van der Waals surface area contributed by atoms with Crippen molar-refractivity contribution in [2.45, 2.75) is 33.6 Å². The summed E-state index contributed by atoms with van der Waals surface area (Å²) in [5.74, 6) is -0.404. The number of hydrogen-bond donors (Lipinski definition) is 1. The zero-order chi connectivity index (χ0) is 19.6. The monoisotopic (exact) mass is 373 g/mol. The highest BCUT2D eigenvalue weighted by Crippen LogP contribution is 2.20. The van der Waals surface area contributed by atoms with Gasteiger partial charge in [-0.05, 0) is 38.3 Å². The summed E-state index contributed by atoms with van der Waals surface area (Å²) >= 11 is 0. The first-order valence-electron chi connectivity index (χ1n) is 9.16. The molecule has 1 aliphatic rings. The Labute approximate surface area is 157 Å². The summed E-state index contributed by atoms with van der Waals surface area (Å²) < 4.78 is 14.6. The molecular weight excluding hydrogens is 349 g/mol. The molecule has 27 heavy (non-hydrogen) atoms. The van der Waals surface area contributed by atoms with Gasteiger partial charge in [-0.15, -0.1) is 0 Å². The quantitative estimate of drug-likeness (QED) is 0.888. The molecule has 0 bridgehead atoms. The topological polar surface area (TPSA) is 82.2 Å². The number of aryl methyl sites for hydroxylation is 3. The normalized spacial score (nSPS) is 15.0. The van der Waals surface area contributed by atoms with E-state index < -0.39 is 5.82 Å². The van der Waals surface area contributed by atoms with Gasteiger partial charge in [-0.2, -0.15) is 0 Å². The average Bonchev–Trinajstić information content (AvgIpc) is 2.87. The van der Waals surface area contributed by atoms with E-state index in [9.17, 15) is 14.0 Å². The van der Waals surface area contributed by atoms with Crippen LogP contribution in [0.1, 0.15) is 40.7 Å². The van der Waals surface area contributed by atoms with Crippen molar-refractivity contribution in [3.8, 4) is 0 Å². The minimum atomic E-state index is -0.398. The molecule has 3 rings (SSSR count). The number of aromatic amines is 1. The standard InChI is InChI=1S/C19H24FN5O2/c1-4-14-16(20)17(22-11-21-14)24-6-5-7-25(9-8-24)19(27)15-12(2)10-13(3)23-18(15)26/h10-11H,4-9H2,1-3H3,(H,23,26). The number of hydrogen-bond acceptors (Lipinski definition) is 5. The predicted octanol–water partition coefficient (Wildman–Crippen LogP) is 1.84. The van der Waals surface area contributed by atoms with Gasteiger partial charge in [-0.1, -0.05) is 6.92 Å². The second kappa shape index (κ2) is 7.85. The zero-order valence-corrected chi connectivity index (χ0v) is 15.9. The number of pyridine rings is 1. The third-order valence-electron chi connectivity index (χ3n) is 4.84. The van der Waals surface area contributed by atoms with E-state index in [1.807, 2.05) is 11.8 Å². The molecular formula is C19H24FN5O2. The smallest absolute Gasteiger partial charge is 0.261 e. The number of aromatic nitrogens is 3. The molecule has 2 aromatic heterocycles. The number of nitrogens with one attached hydrogen (secondary N) is 1. The fourth-order valence-electron chi connectivity index (χ4n) is 3.47. The lowest BCUT2D eigenvalue weighted by atomic mass is 10.1. The lowest BCUT2D eigenvalue weighted by Crippen LogP contribution is -2.38. The lowest BCUT2D eigenvalue weighted by molar-refractivity contribution is 0.0764. The maximum absolute atomic E-state index is 14.6. The van der Waals surface area contributed by atoms with Crippen LogP contribution in [-0.2, 0) is 6.42 Å². The fourth-order valence-corrected chi connectivity index (χ4v) is 3.47. The van der Waals surface area contributed by atoms with Gasteiger partial charge in [-0.3, -0.25) is 9.59 Å². The second-order valence-electron chi connectivity index (χ2n) is 6.78. The summed E-state index contributed by atoms with van der Waals surface area (Å²) in [6.07, 6.45) is 2.54. The summed E-state index contributed by atoms with van der Waals surface area (Å²) in [6.45, 7) is 7.34. The largest absolute Gasteiger partial charge is 0.352 e. The number of anilines is 1. The number of carbonyl (C=O) groups excluding carboxylic acids is 1. The summed E-state index contributed by atoms with van der Waals surface area (Å²) in [7, 11) is 0. The first-order valence-corrected chi connectivity index (χ1v) is 9.16. The van der Waals surface area contributed by atoms with Crippen molar-refractivity contribution < 1.29 is 9.18 Å². The maximum atomic E-state index is 14.6. The first kappa shape index (κ1) is 19.0. The van der Waals surface area contributed by atoms with Crippen molar-refractivity contribution >= 4 is 11.7 Å². The minimum absolute atomic E-state index is 0.176. The van der Waals surface area contributed by atoms with Crippen molar-refractivity contribution in [3.05, 3.63) is 51.1 Å². The van der Waals surface area contributed by atoms with Gasteiger partial charge >= 0.3 is 0 Å². The molecule has 1 aliphatic heterocycles. The molecule has 1 fully saturated rings. The van der Waals surface area contributed by atoms with E-state index in [-0.39, 0.29) is 22.8 Å². The highest BCUT2D eigenvalue weighted by molar-refractivity contribution is 5.95. The van der Waals surface area contributed by atoms with Crippen LogP contribution in [0.25, 0.3) is 0 Å². The van der Waals surface area contributed by atoms with E-state index in [2.05, 4.69) is 15.0 Å². The number of H-pyrrole nitrogens is 1. The molecule has 0 unspecified atom stereocenters. The molecule has 144 valence electrons. The summed E-state index contributed by atoms with van der Waals surface area (Å²) in [5.41, 5.74) is 1.58. The number of carbonyl (C=O) groups is 1. The average molecular weight is 373 g/mol. The minimum Gasteiger partial charge on any atom is -0.352 e. The van der Waals surface area contributed by atoms with Gasteiger partial charge in [0.2, 0.25) is 0 Å². The Balaban J connectivity index is 1.80. The Morgan fingerprint density at radius 2 is 2.00 bits per heavy atom. The lowest BCUT2D eigenvalue weighted by Gasteiger charge is -2.23. The van der Waals surface area contributed by atoms with Crippen molar-refractivity contribution in [3.63, 3.8) is 0 Å². The highest BCUT2D eigenvalue weighted by atomic mass is 19.1. The molecule has 0 aromatic carbocycles. The summed E-state index contributed by atoms with van der Waals surface area (Å²) in [4.78, 5) is 39.4. The molecule has 0 saturated carbocycles. The van der Waals surface area contributed by atoms with Crippen molar-refractivity contribution in [2.24, 2.45) is 0 Å². The van der Waals surface area contributed by atoms with Crippen LogP contribution in [0.5, 0.6) is 0 Å². The second-order valence-corrected chi connectivity index (χ2v) is 6.78. The van der Waals surface area contributed by atoms with Crippen molar-refractivity contribution in [1.29, 1.82) is 0 Å². The molecule has 8 heteroatoms. The van der Waals surface area contributed by atoms with Gasteiger partial charge in [0, 0.05) is 31.9 Å². The first-order chi connectivity index (χ1) is 12.9. The van der Waals surface area contributed by atoms with Crippen LogP contribution in [0.3, 0.4) is 0 Å². The van der Waals surface area contributed by atoms with E-state index in [1.54, 1.807) is 24.8 Å². The van der Waals surface area contributed by atoms with E-state index in [0.717, 1.165) is 5.69 Å². The summed E-state index contributed by atoms with van der Waals surface area (Å²) in [5, 5.41) is 0.